The Balaban J connectivity index is 1.89. The Morgan fingerprint density at radius 3 is 2.64 bits per heavy atom. The molecular weight excluding hydrogens is 310 g/mol. The van der Waals surface area contributed by atoms with Crippen molar-refractivity contribution in [2.24, 2.45) is 0 Å². The predicted molar refractivity (Wildman–Crippen MR) is 100 cm³/mol. The Kier molecular flexibility index (Phi) is 5.46. The molecule has 2 aliphatic heterocycles. The van der Waals surface area contributed by atoms with Crippen LogP contribution in [0, 0.1) is 0 Å². The second-order valence-electron chi connectivity index (χ2n) is 5.14. The average molecular weight is 327 g/mol. The van der Waals surface area contributed by atoms with E-state index < -0.39 is 0 Å². The van der Waals surface area contributed by atoms with Crippen LogP contribution in [0.2, 0.25) is 0 Å². The van der Waals surface area contributed by atoms with E-state index in [1.54, 1.807) is 43.1 Å². The predicted octanol–water partition coefficient (Wildman–Crippen LogP) is 4.89. The molecule has 0 fully saturated rings. The first-order valence-corrected chi connectivity index (χ1v) is 7.81. The molecule has 0 spiro atoms. The van der Waals surface area contributed by atoms with Crippen molar-refractivity contribution >= 4 is 6.08 Å². The van der Waals surface area contributed by atoms with Crippen molar-refractivity contribution in [2.75, 3.05) is 0 Å². The monoisotopic (exact) mass is 327 g/mol. The van der Waals surface area contributed by atoms with Gasteiger partial charge in [0.2, 0.25) is 0 Å². The van der Waals surface area contributed by atoms with Gasteiger partial charge in [0, 0.05) is 17.3 Å². The number of allylic oxidation sites excluding steroid dienone is 4. The number of rotatable bonds is 6. The third kappa shape index (κ3) is 4.26. The van der Waals surface area contributed by atoms with Crippen molar-refractivity contribution in [3.63, 3.8) is 0 Å². The number of ether oxygens (including phenoxy) is 1. The fraction of sp³-hybridized carbons (Fsp3) is 0. The van der Waals surface area contributed by atoms with Gasteiger partial charge in [0.1, 0.15) is 5.69 Å². The van der Waals surface area contributed by atoms with E-state index in [9.17, 15) is 0 Å². The van der Waals surface area contributed by atoms with Crippen LogP contribution in [-0.4, -0.2) is 15.2 Å². The molecule has 122 valence electrons. The molecule has 0 atom stereocenters. The topological polar surface area (TPSA) is 47.9 Å². The van der Waals surface area contributed by atoms with Crippen LogP contribution in [0.1, 0.15) is 5.69 Å². The summed E-state index contributed by atoms with van der Waals surface area (Å²) in [5.74, 6) is 0. The van der Waals surface area contributed by atoms with E-state index in [2.05, 4.69) is 21.8 Å². The van der Waals surface area contributed by atoms with E-state index in [0.29, 0.717) is 0 Å². The van der Waals surface area contributed by atoms with Gasteiger partial charge in [0.25, 0.3) is 0 Å². The Morgan fingerprint density at radius 2 is 1.80 bits per heavy atom. The van der Waals surface area contributed by atoms with E-state index in [0.717, 1.165) is 28.1 Å². The largest absolute Gasteiger partial charge is 0.473 e. The minimum absolute atomic E-state index is 0.770. The lowest BCUT2D eigenvalue weighted by atomic mass is 10.0. The zero-order chi connectivity index (χ0) is 17.3. The number of aromatic nitrogens is 3. The second-order valence-corrected chi connectivity index (χ2v) is 5.14. The smallest absolute Gasteiger partial charge is 0.104 e. The maximum Gasteiger partial charge on any atom is 0.104 e. The summed E-state index contributed by atoms with van der Waals surface area (Å²) < 4.78 is 5.32. The SMILES string of the molecule is C=C/C=C/C=C/O/C=C/c1cc(-c2ccccc2)c2nncc-2cn1. The van der Waals surface area contributed by atoms with Crippen LogP contribution in [0.3, 0.4) is 0 Å². The third-order valence-corrected chi connectivity index (χ3v) is 3.45. The summed E-state index contributed by atoms with van der Waals surface area (Å²) >= 11 is 0. The van der Waals surface area contributed by atoms with Gasteiger partial charge in [-0.3, -0.25) is 4.98 Å². The molecule has 1 aromatic rings. The highest BCUT2D eigenvalue weighted by Crippen LogP contribution is 2.30. The fourth-order valence-electron chi connectivity index (χ4n) is 2.29. The molecule has 2 heterocycles. The number of fused-ring (bicyclic) bond motifs is 1. The number of benzene rings is 1. The van der Waals surface area contributed by atoms with Crippen LogP contribution in [0.4, 0.5) is 0 Å². The zero-order valence-corrected chi connectivity index (χ0v) is 13.6. The Morgan fingerprint density at radius 1 is 0.920 bits per heavy atom. The summed E-state index contributed by atoms with van der Waals surface area (Å²) in [6.07, 6.45) is 15.6. The zero-order valence-electron chi connectivity index (χ0n) is 13.6. The highest BCUT2D eigenvalue weighted by molar-refractivity contribution is 5.81. The third-order valence-electron chi connectivity index (χ3n) is 3.45. The van der Waals surface area contributed by atoms with Gasteiger partial charge in [-0.05, 0) is 23.8 Å². The molecule has 0 bridgehead atoms. The van der Waals surface area contributed by atoms with Crippen LogP contribution in [0.5, 0.6) is 0 Å². The second kappa shape index (κ2) is 8.36. The summed E-state index contributed by atoms with van der Waals surface area (Å²) in [4.78, 5) is 4.48. The van der Waals surface area contributed by atoms with Gasteiger partial charge in [0.05, 0.1) is 24.4 Å². The van der Waals surface area contributed by atoms with E-state index in [-0.39, 0.29) is 0 Å². The molecule has 0 unspecified atom stereocenters. The lowest BCUT2D eigenvalue weighted by molar-refractivity contribution is 0.406. The molecule has 0 amide bonds. The van der Waals surface area contributed by atoms with E-state index in [4.69, 9.17) is 4.74 Å². The average Bonchev–Trinajstić information content (AvgIpc) is 3.04. The molecule has 0 N–H and O–H groups in total. The van der Waals surface area contributed by atoms with Crippen LogP contribution in [0.25, 0.3) is 28.5 Å². The molecular formula is C21H17N3O. The van der Waals surface area contributed by atoms with Gasteiger partial charge in [0.15, 0.2) is 0 Å². The van der Waals surface area contributed by atoms with Crippen LogP contribution >= 0.6 is 0 Å². The van der Waals surface area contributed by atoms with Crippen molar-refractivity contribution in [2.45, 2.75) is 0 Å². The molecule has 25 heavy (non-hydrogen) atoms. The van der Waals surface area contributed by atoms with Gasteiger partial charge in [-0.25, -0.2) is 0 Å². The Bertz CT molecular complexity index is 898. The van der Waals surface area contributed by atoms with E-state index in [1.807, 2.05) is 48.6 Å². The van der Waals surface area contributed by atoms with Gasteiger partial charge >= 0.3 is 0 Å². The highest BCUT2D eigenvalue weighted by atomic mass is 16.5. The summed E-state index contributed by atoms with van der Waals surface area (Å²) in [5.41, 5.74) is 4.54. The number of hydrogen-bond acceptors (Lipinski definition) is 4. The molecule has 1 aromatic carbocycles. The van der Waals surface area contributed by atoms with Gasteiger partial charge < -0.3 is 4.74 Å². The van der Waals surface area contributed by atoms with E-state index in [1.165, 1.54) is 0 Å². The summed E-state index contributed by atoms with van der Waals surface area (Å²) in [6, 6.07) is 12.1. The van der Waals surface area contributed by atoms with Crippen molar-refractivity contribution in [3.05, 3.63) is 97.9 Å². The van der Waals surface area contributed by atoms with Crippen molar-refractivity contribution < 1.29 is 4.74 Å². The summed E-state index contributed by atoms with van der Waals surface area (Å²) in [6.45, 7) is 3.60. The quantitative estimate of drug-likeness (QED) is 0.478. The van der Waals surface area contributed by atoms with Crippen LogP contribution < -0.4 is 0 Å². The highest BCUT2D eigenvalue weighted by Gasteiger charge is 2.12. The molecule has 3 rings (SSSR count). The summed E-state index contributed by atoms with van der Waals surface area (Å²) in [5, 5.41) is 8.24. The maximum atomic E-state index is 5.32. The summed E-state index contributed by atoms with van der Waals surface area (Å²) in [7, 11) is 0. The first kappa shape index (κ1) is 16.3. The molecule has 0 saturated heterocycles. The molecule has 0 aliphatic carbocycles. The molecule has 0 saturated carbocycles. The maximum absolute atomic E-state index is 5.32. The first-order chi connectivity index (χ1) is 12.4. The molecule has 0 radical (unpaired) electrons. The van der Waals surface area contributed by atoms with Crippen molar-refractivity contribution in [1.29, 1.82) is 0 Å². The molecule has 0 aromatic heterocycles. The molecule has 4 heteroatoms. The standard InChI is InChI=1S/C21H17N3O/c1-2-3-4-8-12-25-13-11-19-14-20(17-9-6-5-7-10-17)21-18(15-22-19)16-23-24-21/h2-16H,1H2/b4-3+,12-8+,13-11+. The van der Waals surface area contributed by atoms with Gasteiger partial charge in [-0.2, -0.15) is 5.10 Å². The van der Waals surface area contributed by atoms with Gasteiger partial charge in [-0.15, -0.1) is 5.10 Å². The first-order valence-electron chi connectivity index (χ1n) is 7.81. The van der Waals surface area contributed by atoms with Gasteiger partial charge in [-0.1, -0.05) is 55.1 Å². The lowest BCUT2D eigenvalue weighted by Gasteiger charge is -2.01. The van der Waals surface area contributed by atoms with Crippen molar-refractivity contribution in [3.8, 4) is 22.4 Å². The van der Waals surface area contributed by atoms with Crippen molar-refractivity contribution in [1.82, 2.24) is 15.2 Å². The number of hydrogen-bond donors (Lipinski definition) is 0. The minimum atomic E-state index is 0.770. The Hall–Kier alpha value is -3.53. The van der Waals surface area contributed by atoms with Crippen LogP contribution in [-0.2, 0) is 4.74 Å². The molecule has 2 aliphatic rings. The van der Waals surface area contributed by atoms with E-state index >= 15 is 0 Å². The minimum Gasteiger partial charge on any atom is -0.473 e. The Labute approximate surface area is 146 Å². The fourth-order valence-corrected chi connectivity index (χ4v) is 2.29. The number of nitrogens with zero attached hydrogens (tertiary/aromatic N) is 3. The molecule has 4 nitrogen and oxygen atoms in total. The normalized spacial score (nSPS) is 11.7. The van der Waals surface area contributed by atoms with Crippen LogP contribution in [0.15, 0.2) is 92.2 Å². The lowest BCUT2D eigenvalue weighted by Crippen LogP contribution is -1.82.